The normalized spacial score (nSPS) is 15.6. The Morgan fingerprint density at radius 2 is 1.84 bits per heavy atom. The van der Waals surface area contributed by atoms with Gasteiger partial charge in [-0.2, -0.15) is 0 Å². The molecule has 1 aliphatic heterocycles. The third kappa shape index (κ3) is 3.58. The Bertz CT molecular complexity index is 930. The fourth-order valence-electron chi connectivity index (χ4n) is 3.64. The average molecular weight is 370 g/mol. The molecular weight excluding hydrogens is 350 g/mol. The van der Waals surface area contributed by atoms with E-state index in [0.29, 0.717) is 10.9 Å². The molecule has 0 amide bonds. The summed E-state index contributed by atoms with van der Waals surface area (Å²) in [4.78, 5) is 15.1. The molecule has 3 aromatic rings. The van der Waals surface area contributed by atoms with Gasteiger partial charge in [0.1, 0.15) is 0 Å². The van der Waals surface area contributed by atoms with Crippen LogP contribution >= 0.6 is 22.9 Å². The summed E-state index contributed by atoms with van der Waals surface area (Å²) in [6.07, 6.45) is 3.40. The molecule has 1 aliphatic rings. The first kappa shape index (κ1) is 16.6. The fourth-order valence-corrected chi connectivity index (χ4v) is 4.73. The van der Waals surface area contributed by atoms with Gasteiger partial charge in [0.15, 0.2) is 0 Å². The lowest BCUT2D eigenvalue weighted by molar-refractivity contribution is 0.403. The van der Waals surface area contributed by atoms with E-state index in [1.165, 1.54) is 5.56 Å². The molecule has 0 saturated carbocycles. The largest absolute Gasteiger partial charge is 0.368 e. The molecular formula is C21H20ClNOS. The molecule has 0 bridgehead atoms. The zero-order valence-corrected chi connectivity index (χ0v) is 15.5. The Morgan fingerprint density at radius 1 is 1.08 bits per heavy atom. The van der Waals surface area contributed by atoms with E-state index in [2.05, 4.69) is 35.2 Å². The van der Waals surface area contributed by atoms with Crippen molar-refractivity contribution in [2.45, 2.75) is 19.3 Å². The van der Waals surface area contributed by atoms with Gasteiger partial charge in [-0.3, -0.25) is 4.79 Å². The molecule has 0 radical (unpaired) electrons. The van der Waals surface area contributed by atoms with Crippen molar-refractivity contribution in [2.75, 3.05) is 18.0 Å². The van der Waals surface area contributed by atoms with Gasteiger partial charge >= 0.3 is 0 Å². The Labute approximate surface area is 156 Å². The minimum Gasteiger partial charge on any atom is -0.368 e. The zero-order chi connectivity index (χ0) is 17.2. The molecule has 0 spiro atoms. The molecule has 1 saturated heterocycles. The van der Waals surface area contributed by atoms with E-state index in [9.17, 15) is 4.79 Å². The summed E-state index contributed by atoms with van der Waals surface area (Å²) in [5, 5.41) is 3.37. The Hall–Kier alpha value is -1.84. The Balaban J connectivity index is 1.50. The van der Waals surface area contributed by atoms with Gasteiger partial charge in [-0.15, -0.1) is 11.3 Å². The van der Waals surface area contributed by atoms with Crippen LogP contribution in [0.1, 0.15) is 18.4 Å². The van der Waals surface area contributed by atoms with Gasteiger partial charge in [0.2, 0.25) is 5.43 Å². The zero-order valence-electron chi connectivity index (χ0n) is 14.0. The van der Waals surface area contributed by atoms with Crippen LogP contribution in [0.25, 0.3) is 10.1 Å². The van der Waals surface area contributed by atoms with Crippen LogP contribution in [0.15, 0.2) is 58.7 Å². The highest BCUT2D eigenvalue weighted by Crippen LogP contribution is 2.28. The number of anilines is 1. The number of hydrogen-bond acceptors (Lipinski definition) is 3. The number of benzene rings is 2. The third-order valence-electron chi connectivity index (χ3n) is 5.04. The summed E-state index contributed by atoms with van der Waals surface area (Å²) in [5.74, 6) is 0.701. The van der Waals surface area contributed by atoms with Crippen LogP contribution in [-0.4, -0.2) is 13.1 Å². The van der Waals surface area contributed by atoms with Crippen LogP contribution in [0, 0.1) is 5.92 Å². The minimum atomic E-state index is 0.109. The van der Waals surface area contributed by atoms with E-state index < -0.39 is 0 Å². The fraction of sp³-hybridized carbons (Fsp3) is 0.286. The maximum absolute atomic E-state index is 12.9. The Kier molecular flexibility index (Phi) is 4.78. The highest BCUT2D eigenvalue weighted by atomic mass is 35.5. The van der Waals surface area contributed by atoms with Gasteiger partial charge in [0.05, 0.1) is 5.69 Å². The van der Waals surface area contributed by atoms with E-state index >= 15 is 0 Å². The maximum Gasteiger partial charge on any atom is 0.211 e. The smallest absolute Gasteiger partial charge is 0.211 e. The van der Waals surface area contributed by atoms with Crippen molar-refractivity contribution in [2.24, 2.45) is 5.92 Å². The van der Waals surface area contributed by atoms with Gasteiger partial charge in [0, 0.05) is 33.6 Å². The van der Waals surface area contributed by atoms with Gasteiger partial charge < -0.3 is 4.90 Å². The van der Waals surface area contributed by atoms with Crippen molar-refractivity contribution in [1.29, 1.82) is 0 Å². The molecule has 0 atom stereocenters. The number of fused-ring (bicyclic) bond motifs is 1. The number of halogens is 1. The van der Waals surface area contributed by atoms with E-state index in [1.807, 2.05) is 17.5 Å². The van der Waals surface area contributed by atoms with Crippen LogP contribution in [-0.2, 0) is 6.42 Å². The van der Waals surface area contributed by atoms with Gasteiger partial charge in [-0.05, 0) is 48.9 Å². The summed E-state index contributed by atoms with van der Waals surface area (Å²) < 4.78 is 0.997. The standard InChI is InChI=1S/C21H20ClNOS/c22-17-6-7-20-18(13-17)21(24)19(14-25-20)23-10-8-16(9-11-23)12-15-4-2-1-3-5-15/h1-7,13-14,16H,8-12H2. The van der Waals surface area contributed by atoms with Crippen molar-refractivity contribution in [3.05, 3.63) is 74.7 Å². The summed E-state index contributed by atoms with van der Waals surface area (Å²) in [5.41, 5.74) is 2.35. The molecule has 4 rings (SSSR count). The van der Waals surface area contributed by atoms with Crippen LogP contribution in [0.4, 0.5) is 5.69 Å². The van der Waals surface area contributed by atoms with Gasteiger partial charge in [-0.25, -0.2) is 0 Å². The van der Waals surface area contributed by atoms with E-state index in [4.69, 9.17) is 11.6 Å². The lowest BCUT2D eigenvalue weighted by atomic mass is 9.90. The second-order valence-corrected chi connectivity index (χ2v) is 8.06. The number of hydrogen-bond donors (Lipinski definition) is 0. The second kappa shape index (κ2) is 7.19. The second-order valence-electron chi connectivity index (χ2n) is 6.71. The lowest BCUT2D eigenvalue weighted by Gasteiger charge is -2.33. The van der Waals surface area contributed by atoms with Crippen molar-refractivity contribution < 1.29 is 0 Å². The van der Waals surface area contributed by atoms with E-state index in [0.717, 1.165) is 48.1 Å². The van der Waals surface area contributed by atoms with Crippen molar-refractivity contribution in [3.63, 3.8) is 0 Å². The highest BCUT2D eigenvalue weighted by molar-refractivity contribution is 7.16. The SMILES string of the molecule is O=c1c(N2CCC(Cc3ccccc3)CC2)csc2ccc(Cl)cc12. The highest BCUT2D eigenvalue weighted by Gasteiger charge is 2.22. The number of nitrogens with zero attached hydrogens (tertiary/aromatic N) is 1. The first-order valence-corrected chi connectivity index (χ1v) is 9.96. The molecule has 2 heterocycles. The predicted molar refractivity (Wildman–Crippen MR) is 108 cm³/mol. The minimum absolute atomic E-state index is 0.109. The first-order valence-electron chi connectivity index (χ1n) is 8.70. The summed E-state index contributed by atoms with van der Waals surface area (Å²) in [6.45, 7) is 1.90. The molecule has 0 aliphatic carbocycles. The average Bonchev–Trinajstić information content (AvgIpc) is 2.64. The first-order chi connectivity index (χ1) is 12.2. The number of rotatable bonds is 3. The number of piperidine rings is 1. The van der Waals surface area contributed by atoms with Gasteiger partial charge in [-0.1, -0.05) is 41.9 Å². The molecule has 0 N–H and O–H groups in total. The van der Waals surface area contributed by atoms with Crippen LogP contribution in [0.5, 0.6) is 0 Å². The van der Waals surface area contributed by atoms with Crippen LogP contribution in [0.2, 0.25) is 5.02 Å². The molecule has 128 valence electrons. The maximum atomic E-state index is 12.9. The van der Waals surface area contributed by atoms with Crippen LogP contribution < -0.4 is 10.3 Å². The third-order valence-corrected chi connectivity index (χ3v) is 6.22. The molecule has 25 heavy (non-hydrogen) atoms. The molecule has 1 aromatic heterocycles. The summed E-state index contributed by atoms with van der Waals surface area (Å²) in [6, 6.07) is 16.3. The molecule has 2 aromatic carbocycles. The molecule has 1 fully saturated rings. The molecule has 4 heteroatoms. The lowest BCUT2D eigenvalue weighted by Crippen LogP contribution is -2.36. The molecule has 2 nitrogen and oxygen atoms in total. The van der Waals surface area contributed by atoms with Gasteiger partial charge in [0.25, 0.3) is 0 Å². The summed E-state index contributed by atoms with van der Waals surface area (Å²) >= 11 is 7.70. The predicted octanol–water partition coefficient (Wildman–Crippen LogP) is 5.37. The van der Waals surface area contributed by atoms with Crippen molar-refractivity contribution >= 4 is 38.7 Å². The van der Waals surface area contributed by atoms with Crippen LogP contribution in [0.3, 0.4) is 0 Å². The molecule has 0 unspecified atom stereocenters. The van der Waals surface area contributed by atoms with E-state index in [1.54, 1.807) is 17.4 Å². The van der Waals surface area contributed by atoms with Crippen molar-refractivity contribution in [1.82, 2.24) is 0 Å². The monoisotopic (exact) mass is 369 g/mol. The quantitative estimate of drug-likeness (QED) is 0.618. The summed E-state index contributed by atoms with van der Waals surface area (Å²) in [7, 11) is 0. The van der Waals surface area contributed by atoms with Crippen molar-refractivity contribution in [3.8, 4) is 0 Å². The van der Waals surface area contributed by atoms with E-state index in [-0.39, 0.29) is 5.43 Å². The Morgan fingerprint density at radius 3 is 2.60 bits per heavy atom. The topological polar surface area (TPSA) is 20.3 Å².